The fraction of sp³-hybridized carbons (Fsp3) is 0.500. The number of carboxylic acids is 1. The molecule has 1 aromatic heterocycles. The summed E-state index contributed by atoms with van der Waals surface area (Å²) in [5, 5.41) is 8.64. The number of aromatic nitrogens is 1. The highest BCUT2D eigenvalue weighted by Crippen LogP contribution is 2.07. The van der Waals surface area contributed by atoms with Gasteiger partial charge in [0.15, 0.2) is 0 Å². The van der Waals surface area contributed by atoms with Crippen LogP contribution in [-0.2, 0) is 4.79 Å². The molecule has 0 aromatic carbocycles. The Labute approximate surface area is 117 Å². The molecular weight excluding hydrogens is 260 g/mol. The van der Waals surface area contributed by atoms with E-state index in [1.54, 1.807) is 13.0 Å². The number of aryl methyl sites for hydroxylation is 1. The zero-order chi connectivity index (χ0) is 15.3. The Morgan fingerprint density at radius 2 is 2.00 bits per heavy atom. The van der Waals surface area contributed by atoms with Crippen LogP contribution in [0.1, 0.15) is 42.7 Å². The third kappa shape index (κ3) is 4.22. The molecule has 0 aliphatic carbocycles. The van der Waals surface area contributed by atoms with Crippen LogP contribution in [-0.4, -0.2) is 39.5 Å². The summed E-state index contributed by atoms with van der Waals surface area (Å²) in [5.74, 6) is -1.26. The number of pyridine rings is 1. The second kappa shape index (κ2) is 6.88. The van der Waals surface area contributed by atoms with Crippen LogP contribution in [0.25, 0.3) is 0 Å². The lowest BCUT2D eigenvalue weighted by molar-refractivity contribution is -0.137. The Bertz CT molecular complexity index is 548. The highest BCUT2D eigenvalue weighted by Gasteiger charge is 2.21. The fourth-order valence-electron chi connectivity index (χ4n) is 1.89. The summed E-state index contributed by atoms with van der Waals surface area (Å²) in [6.45, 7) is 5.72. The molecular formula is C14H20N2O4. The number of H-pyrrole nitrogens is 1. The molecule has 2 N–H and O–H groups in total. The molecule has 1 aromatic rings. The number of amides is 1. The third-order valence-electron chi connectivity index (χ3n) is 2.96. The summed E-state index contributed by atoms with van der Waals surface area (Å²) in [7, 11) is 0. The van der Waals surface area contributed by atoms with Gasteiger partial charge in [-0.3, -0.25) is 14.4 Å². The molecule has 0 aliphatic heterocycles. The molecule has 6 heteroatoms. The molecule has 0 bridgehead atoms. The van der Waals surface area contributed by atoms with E-state index < -0.39 is 11.5 Å². The monoisotopic (exact) mass is 280 g/mol. The molecule has 6 nitrogen and oxygen atoms in total. The van der Waals surface area contributed by atoms with Crippen molar-refractivity contribution in [1.29, 1.82) is 0 Å². The van der Waals surface area contributed by atoms with Gasteiger partial charge in [0.25, 0.3) is 11.5 Å². The van der Waals surface area contributed by atoms with Crippen molar-refractivity contribution in [1.82, 2.24) is 9.88 Å². The van der Waals surface area contributed by atoms with Gasteiger partial charge >= 0.3 is 5.97 Å². The van der Waals surface area contributed by atoms with Gasteiger partial charge in [-0.1, -0.05) is 0 Å². The van der Waals surface area contributed by atoms with Gasteiger partial charge in [-0.25, -0.2) is 0 Å². The van der Waals surface area contributed by atoms with Crippen molar-refractivity contribution in [3.63, 3.8) is 0 Å². The van der Waals surface area contributed by atoms with E-state index in [1.807, 2.05) is 13.8 Å². The highest BCUT2D eigenvalue weighted by atomic mass is 16.4. The van der Waals surface area contributed by atoms with Gasteiger partial charge in [-0.05, 0) is 39.3 Å². The van der Waals surface area contributed by atoms with E-state index in [2.05, 4.69) is 4.98 Å². The molecule has 1 heterocycles. The lowest BCUT2D eigenvalue weighted by atomic mass is 10.1. The normalized spacial score (nSPS) is 10.6. The Kier molecular flexibility index (Phi) is 5.49. The van der Waals surface area contributed by atoms with Crippen molar-refractivity contribution >= 4 is 11.9 Å². The number of rotatable bonds is 6. The van der Waals surface area contributed by atoms with Crippen LogP contribution < -0.4 is 5.56 Å². The number of aromatic amines is 1. The standard InChI is InChI=1S/C14H20N2O4/c1-9(2)16(8-4-5-12(17)18)14(20)11-7-6-10(3)15-13(11)19/h6-7,9H,4-5,8H2,1-3H3,(H,15,19)(H,17,18). The number of hydrogen-bond donors (Lipinski definition) is 2. The summed E-state index contributed by atoms with van der Waals surface area (Å²) in [6.07, 6.45) is 0.365. The summed E-state index contributed by atoms with van der Waals surface area (Å²) in [5.41, 5.74) is 0.354. The first-order chi connectivity index (χ1) is 9.32. The van der Waals surface area contributed by atoms with Crippen molar-refractivity contribution in [2.75, 3.05) is 6.54 Å². The minimum Gasteiger partial charge on any atom is -0.481 e. The summed E-state index contributed by atoms with van der Waals surface area (Å²) in [4.78, 5) is 38.8. The molecule has 1 amide bonds. The number of carbonyl (C=O) groups excluding carboxylic acids is 1. The molecule has 0 saturated carbocycles. The van der Waals surface area contributed by atoms with E-state index >= 15 is 0 Å². The second-order valence-corrected chi connectivity index (χ2v) is 4.97. The molecule has 0 unspecified atom stereocenters. The van der Waals surface area contributed by atoms with Crippen LogP contribution in [0.4, 0.5) is 0 Å². The van der Waals surface area contributed by atoms with Gasteiger partial charge in [-0.2, -0.15) is 0 Å². The van der Waals surface area contributed by atoms with Crippen molar-refractivity contribution in [3.8, 4) is 0 Å². The summed E-state index contributed by atoms with van der Waals surface area (Å²) >= 11 is 0. The van der Waals surface area contributed by atoms with Crippen LogP contribution in [0.15, 0.2) is 16.9 Å². The van der Waals surface area contributed by atoms with Crippen molar-refractivity contribution in [3.05, 3.63) is 33.7 Å². The highest BCUT2D eigenvalue weighted by molar-refractivity contribution is 5.94. The average Bonchev–Trinajstić information content (AvgIpc) is 2.33. The Hall–Kier alpha value is -2.11. The third-order valence-corrected chi connectivity index (χ3v) is 2.96. The van der Waals surface area contributed by atoms with Gasteiger partial charge < -0.3 is 15.0 Å². The van der Waals surface area contributed by atoms with E-state index in [9.17, 15) is 14.4 Å². The maximum atomic E-state index is 12.4. The van der Waals surface area contributed by atoms with E-state index in [4.69, 9.17) is 5.11 Å². The van der Waals surface area contributed by atoms with E-state index in [0.717, 1.165) is 0 Å². The fourth-order valence-corrected chi connectivity index (χ4v) is 1.89. The average molecular weight is 280 g/mol. The number of nitrogens with one attached hydrogen (secondary N) is 1. The van der Waals surface area contributed by atoms with Crippen LogP contribution in [0.2, 0.25) is 0 Å². The minimum atomic E-state index is -0.894. The Morgan fingerprint density at radius 3 is 2.50 bits per heavy atom. The maximum absolute atomic E-state index is 12.4. The first-order valence-corrected chi connectivity index (χ1v) is 6.55. The van der Waals surface area contributed by atoms with Crippen molar-refractivity contribution < 1.29 is 14.7 Å². The van der Waals surface area contributed by atoms with E-state index in [0.29, 0.717) is 18.7 Å². The molecule has 0 radical (unpaired) electrons. The predicted octanol–water partition coefficient (Wildman–Crippen LogP) is 1.40. The maximum Gasteiger partial charge on any atom is 0.303 e. The number of nitrogens with zero attached hydrogens (tertiary/aromatic N) is 1. The zero-order valence-electron chi connectivity index (χ0n) is 12.0. The van der Waals surface area contributed by atoms with Crippen molar-refractivity contribution in [2.45, 2.75) is 39.7 Å². The Balaban J connectivity index is 2.88. The Morgan fingerprint density at radius 1 is 1.35 bits per heavy atom. The largest absolute Gasteiger partial charge is 0.481 e. The topological polar surface area (TPSA) is 90.5 Å². The minimum absolute atomic E-state index is 0.000749. The van der Waals surface area contributed by atoms with Gasteiger partial charge in [0.1, 0.15) is 5.56 Å². The van der Waals surface area contributed by atoms with Crippen LogP contribution in [0.3, 0.4) is 0 Å². The van der Waals surface area contributed by atoms with Gasteiger partial charge in [0, 0.05) is 24.7 Å². The molecule has 0 atom stereocenters. The van der Waals surface area contributed by atoms with E-state index in [-0.39, 0.29) is 23.9 Å². The lowest BCUT2D eigenvalue weighted by Gasteiger charge is -2.26. The SMILES string of the molecule is Cc1ccc(C(=O)N(CCCC(=O)O)C(C)C)c(=O)[nH]1. The van der Waals surface area contributed by atoms with Crippen LogP contribution in [0, 0.1) is 6.92 Å². The smallest absolute Gasteiger partial charge is 0.303 e. The van der Waals surface area contributed by atoms with Crippen LogP contribution in [0.5, 0.6) is 0 Å². The molecule has 0 fully saturated rings. The molecule has 1 rings (SSSR count). The number of carbonyl (C=O) groups is 2. The number of hydrogen-bond acceptors (Lipinski definition) is 3. The van der Waals surface area contributed by atoms with Gasteiger partial charge in [0.05, 0.1) is 0 Å². The lowest BCUT2D eigenvalue weighted by Crippen LogP contribution is -2.40. The number of carboxylic acid groups (broad SMARTS) is 1. The summed E-state index contributed by atoms with van der Waals surface area (Å²) in [6, 6.07) is 3.07. The summed E-state index contributed by atoms with van der Waals surface area (Å²) < 4.78 is 0. The molecule has 0 saturated heterocycles. The quantitative estimate of drug-likeness (QED) is 0.824. The van der Waals surface area contributed by atoms with Gasteiger partial charge in [-0.15, -0.1) is 0 Å². The second-order valence-electron chi connectivity index (χ2n) is 4.97. The predicted molar refractivity (Wildman–Crippen MR) is 74.8 cm³/mol. The molecule has 0 aliphatic rings. The van der Waals surface area contributed by atoms with Crippen LogP contribution >= 0.6 is 0 Å². The first kappa shape index (κ1) is 15.9. The van der Waals surface area contributed by atoms with Gasteiger partial charge in [0.2, 0.25) is 0 Å². The van der Waals surface area contributed by atoms with E-state index in [1.165, 1.54) is 11.0 Å². The number of aliphatic carboxylic acids is 1. The molecule has 20 heavy (non-hydrogen) atoms. The molecule has 0 spiro atoms. The zero-order valence-corrected chi connectivity index (χ0v) is 12.0. The molecule has 110 valence electrons. The van der Waals surface area contributed by atoms with Crippen molar-refractivity contribution in [2.24, 2.45) is 0 Å². The first-order valence-electron chi connectivity index (χ1n) is 6.55.